The number of piperidine rings is 1. The predicted molar refractivity (Wildman–Crippen MR) is 226 cm³/mol. The summed E-state index contributed by atoms with van der Waals surface area (Å²) in [6.45, 7) is 8.16. The summed E-state index contributed by atoms with van der Waals surface area (Å²) in [5.74, 6) is 4.94. The van der Waals surface area contributed by atoms with Gasteiger partial charge in [-0.15, -0.1) is 0 Å². The van der Waals surface area contributed by atoms with E-state index >= 15 is 0 Å². The molecular weight excluding hydrogens is 699 g/mol. The number of aromatic nitrogens is 1. The van der Waals surface area contributed by atoms with Gasteiger partial charge in [0, 0.05) is 66.9 Å². The molecule has 1 aromatic heterocycles. The molecule has 1 aliphatic carbocycles. The van der Waals surface area contributed by atoms with Crippen LogP contribution < -0.4 is 28.6 Å². The van der Waals surface area contributed by atoms with E-state index in [1.807, 2.05) is 12.3 Å². The van der Waals surface area contributed by atoms with Crippen LogP contribution in [-0.2, 0) is 13.1 Å². The zero-order valence-corrected chi connectivity index (χ0v) is 34.1. The van der Waals surface area contributed by atoms with E-state index < -0.39 is 0 Å². The Morgan fingerprint density at radius 2 is 1.43 bits per heavy atom. The van der Waals surface area contributed by atoms with Crippen LogP contribution in [0.1, 0.15) is 80.0 Å². The predicted octanol–water partition coefficient (Wildman–Crippen LogP) is 10.5. The van der Waals surface area contributed by atoms with E-state index in [4.69, 9.17) is 28.7 Å². The maximum atomic E-state index is 5.80. The first kappa shape index (κ1) is 39.0. The van der Waals surface area contributed by atoms with Gasteiger partial charge >= 0.3 is 0 Å². The topological polar surface area (TPSA) is 65.5 Å². The molecule has 1 aliphatic heterocycles. The Bertz CT molecular complexity index is 2110. The van der Waals surface area contributed by atoms with Gasteiger partial charge in [-0.2, -0.15) is 0 Å². The molecule has 1 saturated carbocycles. The minimum Gasteiger partial charge on any atom is -0.497 e. The van der Waals surface area contributed by atoms with Crippen LogP contribution in [0, 0.1) is 0 Å². The summed E-state index contributed by atoms with van der Waals surface area (Å²) in [6, 6.07) is 30.9. The normalized spacial score (nSPS) is 15.3. The second kappa shape index (κ2) is 17.7. The number of benzene rings is 4. The smallest absolute Gasteiger partial charge is 0.164 e. The number of likely N-dealkylation sites (tertiary alicyclic amines) is 1. The minimum atomic E-state index is 0.359. The number of ether oxygens (including phenoxy) is 5. The lowest BCUT2D eigenvalue weighted by Gasteiger charge is -2.40. The summed E-state index contributed by atoms with van der Waals surface area (Å²) in [5.41, 5.74) is 10.4. The molecule has 0 N–H and O–H groups in total. The minimum absolute atomic E-state index is 0.359. The zero-order chi connectivity index (χ0) is 39.2. The summed E-state index contributed by atoms with van der Waals surface area (Å²) in [4.78, 5) is 10.00. The molecule has 0 spiro atoms. The van der Waals surface area contributed by atoms with Crippen LogP contribution in [0.2, 0.25) is 0 Å². The van der Waals surface area contributed by atoms with Gasteiger partial charge in [-0.3, -0.25) is 9.88 Å². The molecule has 0 bridgehead atoms. The zero-order valence-electron chi connectivity index (χ0n) is 34.1. The molecule has 2 heterocycles. The molecule has 8 nitrogen and oxygen atoms in total. The van der Waals surface area contributed by atoms with Gasteiger partial charge in [0.2, 0.25) is 0 Å². The van der Waals surface area contributed by atoms with Crippen LogP contribution in [0.3, 0.4) is 0 Å². The Labute approximate surface area is 333 Å². The van der Waals surface area contributed by atoms with Gasteiger partial charge < -0.3 is 28.6 Å². The molecule has 1 saturated heterocycles. The van der Waals surface area contributed by atoms with E-state index in [9.17, 15) is 0 Å². The fourth-order valence-electron chi connectivity index (χ4n) is 8.23. The van der Waals surface area contributed by atoms with Crippen LogP contribution in [-0.4, -0.2) is 64.6 Å². The number of pyridine rings is 1. The molecule has 56 heavy (non-hydrogen) atoms. The summed E-state index contributed by atoms with van der Waals surface area (Å²) in [5, 5.41) is 0. The lowest BCUT2D eigenvalue weighted by molar-refractivity contribution is 0.201. The number of hydrogen-bond donors (Lipinski definition) is 0. The van der Waals surface area contributed by atoms with Crippen molar-refractivity contribution >= 4 is 5.69 Å². The number of methoxy groups -OCH3 is 5. The molecule has 4 aromatic carbocycles. The Kier molecular flexibility index (Phi) is 12.4. The third kappa shape index (κ3) is 8.61. The highest BCUT2D eigenvalue weighted by atomic mass is 16.5. The Balaban J connectivity index is 1.09. The molecule has 2 fully saturated rings. The van der Waals surface area contributed by atoms with Gasteiger partial charge in [-0.1, -0.05) is 38.1 Å². The second-order valence-corrected chi connectivity index (χ2v) is 15.3. The van der Waals surface area contributed by atoms with Crippen LogP contribution in [0.4, 0.5) is 5.69 Å². The Morgan fingerprint density at radius 3 is 2.12 bits per heavy atom. The first-order valence-electron chi connectivity index (χ1n) is 20.1. The maximum Gasteiger partial charge on any atom is 0.164 e. The summed E-state index contributed by atoms with van der Waals surface area (Å²) in [7, 11) is 8.61. The first-order chi connectivity index (χ1) is 27.4. The van der Waals surface area contributed by atoms with E-state index in [2.05, 4.69) is 103 Å². The van der Waals surface area contributed by atoms with Crippen molar-refractivity contribution in [2.24, 2.45) is 0 Å². The molecule has 294 valence electrons. The molecule has 8 heteroatoms. The van der Waals surface area contributed by atoms with Crippen molar-refractivity contribution < 1.29 is 23.7 Å². The number of anilines is 1. The van der Waals surface area contributed by atoms with Gasteiger partial charge in [0.15, 0.2) is 23.0 Å². The molecule has 5 aromatic rings. The first-order valence-corrected chi connectivity index (χ1v) is 20.1. The highest BCUT2D eigenvalue weighted by molar-refractivity contribution is 5.71. The van der Waals surface area contributed by atoms with Crippen LogP contribution in [0.15, 0.2) is 91.1 Å². The number of rotatable bonds is 16. The van der Waals surface area contributed by atoms with Crippen molar-refractivity contribution in [3.63, 3.8) is 0 Å². The lowest BCUT2D eigenvalue weighted by atomic mass is 9.92. The van der Waals surface area contributed by atoms with Crippen molar-refractivity contribution in [2.45, 2.75) is 76.9 Å². The maximum absolute atomic E-state index is 5.80. The van der Waals surface area contributed by atoms with E-state index in [0.29, 0.717) is 17.9 Å². The highest BCUT2D eigenvalue weighted by Gasteiger charge is 2.30. The largest absolute Gasteiger partial charge is 0.497 e. The van der Waals surface area contributed by atoms with Gasteiger partial charge in [-0.05, 0) is 121 Å². The monoisotopic (exact) mass is 755 g/mol. The SMILES string of the molecule is CCC(C)c1cc(-c2cccc(CN3CCC(N(Cc4ccnc(-c5cc(OC)c(OC)c(C6CC6)c5)c4)c4cccc(OC)c4)CC3)c2)cc(OC)c1OC. The lowest BCUT2D eigenvalue weighted by Crippen LogP contribution is -2.44. The van der Waals surface area contributed by atoms with Crippen LogP contribution in [0.25, 0.3) is 22.4 Å². The van der Waals surface area contributed by atoms with E-state index in [1.165, 1.54) is 46.3 Å². The number of hydrogen-bond acceptors (Lipinski definition) is 8. The van der Waals surface area contributed by atoms with Gasteiger partial charge in [-0.25, -0.2) is 0 Å². The van der Waals surface area contributed by atoms with Crippen molar-refractivity contribution in [2.75, 3.05) is 53.5 Å². The molecule has 2 aliphatic rings. The third-order valence-corrected chi connectivity index (χ3v) is 11.7. The van der Waals surface area contributed by atoms with Crippen molar-refractivity contribution in [1.29, 1.82) is 0 Å². The fourth-order valence-corrected chi connectivity index (χ4v) is 8.23. The second-order valence-electron chi connectivity index (χ2n) is 15.3. The van der Waals surface area contributed by atoms with Crippen LogP contribution in [0.5, 0.6) is 28.7 Å². The molecule has 1 unspecified atom stereocenters. The van der Waals surface area contributed by atoms with Gasteiger partial charge in [0.1, 0.15) is 5.75 Å². The molecule has 0 amide bonds. The highest BCUT2D eigenvalue weighted by Crippen LogP contribution is 2.49. The third-order valence-electron chi connectivity index (χ3n) is 11.7. The Hall–Kier alpha value is -5.21. The summed E-state index contributed by atoms with van der Waals surface area (Å²) >= 11 is 0. The molecule has 0 radical (unpaired) electrons. The van der Waals surface area contributed by atoms with Crippen LogP contribution >= 0.6 is 0 Å². The van der Waals surface area contributed by atoms with Crippen molar-refractivity contribution in [1.82, 2.24) is 9.88 Å². The quantitative estimate of drug-likeness (QED) is 0.0986. The van der Waals surface area contributed by atoms with Crippen molar-refractivity contribution in [3.05, 3.63) is 113 Å². The Morgan fingerprint density at radius 1 is 0.696 bits per heavy atom. The number of nitrogens with zero attached hydrogens (tertiary/aromatic N) is 3. The van der Waals surface area contributed by atoms with E-state index in [0.717, 1.165) is 91.0 Å². The summed E-state index contributed by atoms with van der Waals surface area (Å²) in [6.07, 6.45) is 7.43. The van der Waals surface area contributed by atoms with Gasteiger partial charge in [0.05, 0.1) is 41.2 Å². The molecular formula is C48H57N3O5. The van der Waals surface area contributed by atoms with Crippen molar-refractivity contribution in [3.8, 4) is 51.1 Å². The standard InChI is InChI=1S/C48H57N3O5/c1-8-32(2)42-25-37(27-45(53-4)47(42)55-6)36-12-9-11-33(23-36)30-50-21-18-39(19-22-50)51(40-13-10-14-41(29-40)52-3)31-34-17-20-49-44(24-34)38-26-43(35-15-16-35)48(56-7)46(28-38)54-5/h9-14,17,20,23-29,32,35,39H,8,15-16,18-19,21-22,30-31H2,1-7H3. The molecule has 7 rings (SSSR count). The van der Waals surface area contributed by atoms with E-state index in [-0.39, 0.29) is 0 Å². The van der Waals surface area contributed by atoms with Gasteiger partial charge in [0.25, 0.3) is 0 Å². The average Bonchev–Trinajstić information content (AvgIpc) is 4.11. The summed E-state index contributed by atoms with van der Waals surface area (Å²) < 4.78 is 28.9. The fraction of sp³-hybridized carbons (Fsp3) is 0.396. The molecule has 1 atom stereocenters. The average molecular weight is 756 g/mol. The van der Waals surface area contributed by atoms with E-state index in [1.54, 1.807) is 35.5 Å².